The molecule has 2 aromatic rings. The van der Waals surface area contributed by atoms with Crippen molar-refractivity contribution in [2.75, 3.05) is 26.6 Å². The van der Waals surface area contributed by atoms with Gasteiger partial charge in [0.15, 0.2) is 0 Å². The number of carbonyl (C=O) groups excluding carboxylic acids is 1. The molecule has 0 aromatic heterocycles. The molecule has 28 heavy (non-hydrogen) atoms. The highest BCUT2D eigenvalue weighted by Crippen LogP contribution is 2.29. The molecule has 0 spiro atoms. The molecule has 9 heteroatoms. The van der Waals surface area contributed by atoms with Crippen molar-refractivity contribution in [3.63, 3.8) is 0 Å². The van der Waals surface area contributed by atoms with E-state index in [4.69, 9.17) is 14.2 Å². The summed E-state index contributed by atoms with van der Waals surface area (Å²) < 4.78 is 43.3. The Hall–Kier alpha value is -2.78. The molecular weight excluding hydrogens is 384 g/mol. The highest BCUT2D eigenvalue weighted by atomic mass is 32.2. The van der Waals surface area contributed by atoms with Crippen molar-refractivity contribution in [3.8, 4) is 17.2 Å². The number of hydrogen-bond donors (Lipinski definition) is 2. The van der Waals surface area contributed by atoms with Gasteiger partial charge in [0.1, 0.15) is 22.1 Å². The van der Waals surface area contributed by atoms with Crippen molar-refractivity contribution in [1.29, 1.82) is 0 Å². The van der Waals surface area contributed by atoms with E-state index < -0.39 is 22.0 Å². The molecule has 0 radical (unpaired) electrons. The van der Waals surface area contributed by atoms with Crippen molar-refractivity contribution < 1.29 is 27.4 Å². The molecule has 0 bridgehead atoms. The standard InChI is InChI=1S/C19H24N2O6S/c1-12-6-9-16(26-4)18(10-12)28(23,24)21-13(2)19(22)20-15-8-7-14(25-3)11-17(15)27-5/h6-11,13,21H,1-5H3,(H,20,22)/t13-/m0/s1. The van der Waals surface area contributed by atoms with Gasteiger partial charge in [-0.25, -0.2) is 8.42 Å². The maximum Gasteiger partial charge on any atom is 0.244 e. The van der Waals surface area contributed by atoms with E-state index in [0.717, 1.165) is 5.56 Å². The lowest BCUT2D eigenvalue weighted by molar-refractivity contribution is -0.117. The zero-order chi connectivity index (χ0) is 20.9. The minimum atomic E-state index is -3.98. The van der Waals surface area contributed by atoms with Gasteiger partial charge in [-0.2, -0.15) is 4.72 Å². The minimum absolute atomic E-state index is 0.0309. The topological polar surface area (TPSA) is 103 Å². The predicted molar refractivity (Wildman–Crippen MR) is 106 cm³/mol. The zero-order valence-corrected chi connectivity index (χ0v) is 17.2. The third-order valence-electron chi connectivity index (χ3n) is 4.00. The van der Waals surface area contributed by atoms with E-state index in [1.807, 2.05) is 0 Å². The van der Waals surface area contributed by atoms with Crippen molar-refractivity contribution >= 4 is 21.6 Å². The number of methoxy groups -OCH3 is 3. The fourth-order valence-electron chi connectivity index (χ4n) is 2.49. The number of benzene rings is 2. The maximum absolute atomic E-state index is 12.7. The maximum atomic E-state index is 12.7. The first kappa shape index (κ1) is 21.5. The van der Waals surface area contributed by atoms with Crippen LogP contribution in [-0.4, -0.2) is 41.7 Å². The molecule has 0 aliphatic rings. The summed E-state index contributed by atoms with van der Waals surface area (Å²) in [6, 6.07) is 8.63. The van der Waals surface area contributed by atoms with Crippen LogP contribution in [0.15, 0.2) is 41.3 Å². The van der Waals surface area contributed by atoms with Crippen LogP contribution in [0.1, 0.15) is 12.5 Å². The lowest BCUT2D eigenvalue weighted by Crippen LogP contribution is -2.41. The Labute approximate surface area is 164 Å². The number of aryl methyl sites for hydroxylation is 1. The van der Waals surface area contributed by atoms with Gasteiger partial charge in [0.2, 0.25) is 15.9 Å². The first-order valence-corrected chi connectivity index (χ1v) is 9.90. The minimum Gasteiger partial charge on any atom is -0.497 e. The molecule has 152 valence electrons. The second-order valence-corrected chi connectivity index (χ2v) is 7.74. The number of rotatable bonds is 8. The zero-order valence-electron chi connectivity index (χ0n) is 16.4. The normalized spacial score (nSPS) is 12.2. The average molecular weight is 408 g/mol. The van der Waals surface area contributed by atoms with E-state index in [9.17, 15) is 13.2 Å². The molecule has 2 aromatic carbocycles. The summed E-state index contributed by atoms with van der Waals surface area (Å²) in [5.41, 5.74) is 1.15. The van der Waals surface area contributed by atoms with Gasteiger partial charge in [0, 0.05) is 6.07 Å². The Morgan fingerprint density at radius 2 is 1.64 bits per heavy atom. The first-order valence-electron chi connectivity index (χ1n) is 8.41. The molecule has 2 rings (SSSR count). The number of ether oxygens (including phenoxy) is 3. The Morgan fingerprint density at radius 3 is 2.25 bits per heavy atom. The largest absolute Gasteiger partial charge is 0.497 e. The Morgan fingerprint density at radius 1 is 0.964 bits per heavy atom. The summed E-state index contributed by atoms with van der Waals surface area (Å²) in [4.78, 5) is 12.5. The van der Waals surface area contributed by atoms with Crippen LogP contribution in [0.3, 0.4) is 0 Å². The molecule has 0 saturated heterocycles. The van der Waals surface area contributed by atoms with Crippen LogP contribution < -0.4 is 24.2 Å². The fraction of sp³-hybridized carbons (Fsp3) is 0.316. The van der Waals surface area contributed by atoms with Crippen LogP contribution in [0.2, 0.25) is 0 Å². The third kappa shape index (κ3) is 4.93. The molecule has 8 nitrogen and oxygen atoms in total. The van der Waals surface area contributed by atoms with Crippen LogP contribution in [0.4, 0.5) is 5.69 Å². The SMILES string of the molecule is COc1ccc(NC(=O)[C@H](C)NS(=O)(=O)c2cc(C)ccc2OC)c(OC)c1. The average Bonchev–Trinajstić information content (AvgIpc) is 2.67. The van der Waals surface area contributed by atoms with Crippen LogP contribution in [-0.2, 0) is 14.8 Å². The van der Waals surface area contributed by atoms with Crippen molar-refractivity contribution in [2.24, 2.45) is 0 Å². The molecular formula is C19H24N2O6S. The lowest BCUT2D eigenvalue weighted by atomic mass is 10.2. The summed E-state index contributed by atoms with van der Waals surface area (Å²) in [6.07, 6.45) is 0. The van der Waals surface area contributed by atoms with Crippen molar-refractivity contribution in [1.82, 2.24) is 4.72 Å². The van der Waals surface area contributed by atoms with E-state index in [-0.39, 0.29) is 10.6 Å². The van der Waals surface area contributed by atoms with Gasteiger partial charge >= 0.3 is 0 Å². The van der Waals surface area contributed by atoms with E-state index in [1.54, 1.807) is 37.3 Å². The van der Waals surface area contributed by atoms with E-state index in [2.05, 4.69) is 10.0 Å². The number of anilines is 1. The van der Waals surface area contributed by atoms with E-state index in [0.29, 0.717) is 17.2 Å². The molecule has 0 aliphatic carbocycles. The summed E-state index contributed by atoms with van der Waals surface area (Å²) in [7, 11) is 0.385. The summed E-state index contributed by atoms with van der Waals surface area (Å²) in [6.45, 7) is 3.22. The number of sulfonamides is 1. The number of amides is 1. The Balaban J connectivity index is 2.19. The van der Waals surface area contributed by atoms with Crippen LogP contribution >= 0.6 is 0 Å². The number of nitrogens with one attached hydrogen (secondary N) is 2. The Bertz CT molecular complexity index is 959. The first-order chi connectivity index (χ1) is 13.2. The predicted octanol–water partition coefficient (Wildman–Crippen LogP) is 2.33. The monoisotopic (exact) mass is 408 g/mol. The van der Waals surface area contributed by atoms with Crippen LogP contribution in [0.5, 0.6) is 17.2 Å². The highest BCUT2D eigenvalue weighted by molar-refractivity contribution is 7.89. The highest BCUT2D eigenvalue weighted by Gasteiger charge is 2.25. The molecule has 2 N–H and O–H groups in total. The van der Waals surface area contributed by atoms with Gasteiger partial charge < -0.3 is 19.5 Å². The Kier molecular flexibility index (Phi) is 6.87. The van der Waals surface area contributed by atoms with Crippen LogP contribution in [0, 0.1) is 6.92 Å². The second kappa shape index (κ2) is 8.94. The molecule has 1 atom stereocenters. The molecule has 0 aliphatic heterocycles. The van der Waals surface area contributed by atoms with Gasteiger partial charge in [0.25, 0.3) is 0 Å². The number of carbonyl (C=O) groups is 1. The third-order valence-corrected chi connectivity index (χ3v) is 5.56. The fourth-order valence-corrected chi connectivity index (χ4v) is 3.94. The number of hydrogen-bond acceptors (Lipinski definition) is 6. The van der Waals surface area contributed by atoms with Crippen molar-refractivity contribution in [3.05, 3.63) is 42.0 Å². The molecule has 0 unspecified atom stereocenters. The van der Waals surface area contributed by atoms with Gasteiger partial charge in [0.05, 0.1) is 33.1 Å². The van der Waals surface area contributed by atoms with Gasteiger partial charge in [-0.05, 0) is 43.7 Å². The molecule has 0 saturated carbocycles. The smallest absolute Gasteiger partial charge is 0.244 e. The summed E-state index contributed by atoms with van der Waals surface area (Å²) in [5.74, 6) is 0.611. The molecule has 0 heterocycles. The van der Waals surface area contributed by atoms with E-state index in [1.165, 1.54) is 34.3 Å². The summed E-state index contributed by atoms with van der Waals surface area (Å²) >= 11 is 0. The molecule has 1 amide bonds. The van der Waals surface area contributed by atoms with Gasteiger partial charge in [-0.3, -0.25) is 4.79 Å². The summed E-state index contributed by atoms with van der Waals surface area (Å²) in [5, 5.41) is 2.65. The lowest BCUT2D eigenvalue weighted by Gasteiger charge is -2.17. The van der Waals surface area contributed by atoms with E-state index >= 15 is 0 Å². The van der Waals surface area contributed by atoms with Gasteiger partial charge in [-0.15, -0.1) is 0 Å². The van der Waals surface area contributed by atoms with Crippen LogP contribution in [0.25, 0.3) is 0 Å². The molecule has 0 fully saturated rings. The second-order valence-electron chi connectivity index (χ2n) is 6.05. The van der Waals surface area contributed by atoms with Gasteiger partial charge in [-0.1, -0.05) is 6.07 Å². The van der Waals surface area contributed by atoms with Crippen molar-refractivity contribution in [2.45, 2.75) is 24.8 Å². The quantitative estimate of drug-likeness (QED) is 0.695.